The lowest BCUT2D eigenvalue weighted by molar-refractivity contribution is 0.0766. The lowest BCUT2D eigenvalue weighted by Crippen LogP contribution is -2.26. The van der Waals surface area contributed by atoms with E-state index in [1.807, 2.05) is 0 Å². The normalized spacial score (nSPS) is 14.4. The fraction of sp³-hybridized carbons (Fsp3) is 0.500. The van der Waals surface area contributed by atoms with Gasteiger partial charge in [0.1, 0.15) is 0 Å². The molecule has 0 aliphatic carbocycles. The van der Waals surface area contributed by atoms with Gasteiger partial charge in [0.25, 0.3) is 0 Å². The molecule has 0 unspecified atom stereocenters. The van der Waals surface area contributed by atoms with Crippen molar-refractivity contribution in [2.45, 2.75) is 30.8 Å². The van der Waals surface area contributed by atoms with Crippen LogP contribution in [0.4, 0.5) is 0 Å². The Morgan fingerprint density at radius 1 is 0.682 bits per heavy atom. The molecule has 1 aromatic rings. The van der Waals surface area contributed by atoms with Crippen molar-refractivity contribution in [3.05, 3.63) is 34.4 Å². The highest BCUT2D eigenvalue weighted by Crippen LogP contribution is 2.52. The third-order valence-corrected chi connectivity index (χ3v) is 4.56. The summed E-state index contributed by atoms with van der Waals surface area (Å²) in [7, 11) is 0. The molecular formula is C12H9Cl9O. The average Bonchev–Trinajstić information content (AvgIpc) is 2.22. The molecule has 0 fully saturated rings. The van der Waals surface area contributed by atoms with Gasteiger partial charge in [-0.3, -0.25) is 0 Å². The minimum Gasteiger partial charge on any atom is -0.386 e. The molecule has 22 heavy (non-hydrogen) atoms. The Labute approximate surface area is 173 Å². The van der Waals surface area contributed by atoms with Gasteiger partial charge in [-0.25, -0.2) is 0 Å². The van der Waals surface area contributed by atoms with E-state index in [4.69, 9.17) is 104 Å². The standard InChI is InChI=1S/C12H9Cl9O/c1-9(2,22)8-6(11(16,17)18)3-5(10(13,14)15)4-7(8)12(19,20)21/h3-4,22H,1-2H3. The summed E-state index contributed by atoms with van der Waals surface area (Å²) in [4.78, 5) is 0. The van der Waals surface area contributed by atoms with E-state index in [-0.39, 0.29) is 22.3 Å². The number of hydrogen-bond donors (Lipinski definition) is 1. The summed E-state index contributed by atoms with van der Waals surface area (Å²) < 4.78 is -5.72. The van der Waals surface area contributed by atoms with Gasteiger partial charge in [-0.15, -0.1) is 0 Å². The molecule has 1 N–H and O–H groups in total. The summed E-state index contributed by atoms with van der Waals surface area (Å²) >= 11 is 53.5. The molecule has 0 saturated heterocycles. The number of benzene rings is 1. The molecule has 0 aromatic heterocycles. The van der Waals surface area contributed by atoms with Crippen molar-refractivity contribution < 1.29 is 5.11 Å². The maximum Gasteiger partial charge on any atom is 0.216 e. The number of hydrogen-bond acceptors (Lipinski definition) is 1. The van der Waals surface area contributed by atoms with Crippen LogP contribution in [0.1, 0.15) is 36.1 Å². The van der Waals surface area contributed by atoms with Gasteiger partial charge in [0.05, 0.1) is 5.60 Å². The van der Waals surface area contributed by atoms with Crippen LogP contribution in [0.3, 0.4) is 0 Å². The first-order valence-corrected chi connectivity index (χ1v) is 8.98. The van der Waals surface area contributed by atoms with Crippen molar-refractivity contribution in [1.82, 2.24) is 0 Å². The molecule has 0 amide bonds. The molecule has 1 nitrogen and oxygen atoms in total. The van der Waals surface area contributed by atoms with Crippen LogP contribution in [0.2, 0.25) is 0 Å². The minimum absolute atomic E-state index is 0.0511. The zero-order chi connectivity index (χ0) is 17.7. The molecule has 10 heteroatoms. The molecule has 0 aliphatic heterocycles. The van der Waals surface area contributed by atoms with E-state index in [0.29, 0.717) is 0 Å². The van der Waals surface area contributed by atoms with Gasteiger partial charge in [-0.1, -0.05) is 104 Å². The molecule has 126 valence electrons. The van der Waals surface area contributed by atoms with E-state index >= 15 is 0 Å². The number of halogens is 9. The van der Waals surface area contributed by atoms with Crippen LogP contribution in [0.25, 0.3) is 0 Å². The summed E-state index contributed by atoms with van der Waals surface area (Å²) in [5.74, 6) is 0. The number of aliphatic hydroxyl groups is 1. The Hall–Kier alpha value is 1.79. The monoisotopic (exact) mass is 484 g/mol. The van der Waals surface area contributed by atoms with Gasteiger partial charge < -0.3 is 5.11 Å². The van der Waals surface area contributed by atoms with Crippen molar-refractivity contribution >= 4 is 104 Å². The van der Waals surface area contributed by atoms with E-state index < -0.39 is 17.0 Å². The maximum absolute atomic E-state index is 10.4. The highest BCUT2D eigenvalue weighted by Gasteiger charge is 2.41. The Bertz CT molecular complexity index is 523. The van der Waals surface area contributed by atoms with Gasteiger partial charge in [0.15, 0.2) is 0 Å². The van der Waals surface area contributed by atoms with Crippen LogP contribution in [0.5, 0.6) is 0 Å². The van der Waals surface area contributed by atoms with Crippen LogP contribution < -0.4 is 0 Å². The van der Waals surface area contributed by atoms with Gasteiger partial charge in [0.2, 0.25) is 11.4 Å². The molecule has 0 heterocycles. The topological polar surface area (TPSA) is 20.2 Å². The molecule has 1 rings (SSSR count). The zero-order valence-corrected chi connectivity index (χ0v) is 17.8. The Morgan fingerprint density at radius 2 is 1.00 bits per heavy atom. The fourth-order valence-corrected chi connectivity index (χ4v) is 3.13. The molecule has 1 aromatic carbocycles. The van der Waals surface area contributed by atoms with Gasteiger partial charge in [0, 0.05) is 16.7 Å². The van der Waals surface area contributed by atoms with Crippen molar-refractivity contribution in [2.24, 2.45) is 0 Å². The maximum atomic E-state index is 10.4. The SMILES string of the molecule is CC(C)(O)c1c(C(Cl)(Cl)Cl)cc(C(Cl)(Cl)Cl)cc1C(Cl)(Cl)Cl. The second-order valence-electron chi connectivity index (χ2n) is 5.00. The van der Waals surface area contributed by atoms with Gasteiger partial charge in [-0.05, 0) is 31.5 Å². The molecule has 0 bridgehead atoms. The van der Waals surface area contributed by atoms with Crippen molar-refractivity contribution in [3.63, 3.8) is 0 Å². The molecule has 0 spiro atoms. The largest absolute Gasteiger partial charge is 0.386 e. The first kappa shape index (κ1) is 21.8. The molecule has 0 radical (unpaired) electrons. The van der Waals surface area contributed by atoms with E-state index in [1.54, 1.807) is 0 Å². The molecular weight excluding hydrogens is 479 g/mol. The first-order valence-electron chi connectivity index (χ1n) is 5.58. The summed E-state index contributed by atoms with van der Waals surface area (Å²) in [6, 6.07) is 2.68. The van der Waals surface area contributed by atoms with Crippen LogP contribution >= 0.6 is 104 Å². The van der Waals surface area contributed by atoms with Crippen LogP contribution in [0.15, 0.2) is 12.1 Å². The van der Waals surface area contributed by atoms with Crippen molar-refractivity contribution in [2.75, 3.05) is 0 Å². The van der Waals surface area contributed by atoms with Crippen molar-refractivity contribution in [1.29, 1.82) is 0 Å². The quantitative estimate of drug-likeness (QED) is 0.409. The highest BCUT2D eigenvalue weighted by molar-refractivity contribution is 6.68. The van der Waals surface area contributed by atoms with Gasteiger partial charge >= 0.3 is 0 Å². The van der Waals surface area contributed by atoms with Gasteiger partial charge in [-0.2, -0.15) is 0 Å². The van der Waals surface area contributed by atoms with E-state index in [0.717, 1.165) is 0 Å². The van der Waals surface area contributed by atoms with Crippen LogP contribution in [0, 0.1) is 0 Å². The summed E-state index contributed by atoms with van der Waals surface area (Å²) in [6.07, 6.45) is 0. The van der Waals surface area contributed by atoms with Crippen LogP contribution in [-0.2, 0) is 17.0 Å². The third-order valence-electron chi connectivity index (χ3n) is 2.69. The summed E-state index contributed by atoms with van der Waals surface area (Å²) in [5.41, 5.74) is -1.12. The lowest BCUT2D eigenvalue weighted by Gasteiger charge is -2.32. The fourth-order valence-electron chi connectivity index (χ4n) is 1.91. The van der Waals surface area contributed by atoms with E-state index in [9.17, 15) is 5.11 Å². The highest BCUT2D eigenvalue weighted by atomic mass is 35.6. The Kier molecular flexibility index (Phi) is 6.78. The lowest BCUT2D eigenvalue weighted by atomic mass is 9.88. The zero-order valence-electron chi connectivity index (χ0n) is 11.0. The predicted molar refractivity (Wildman–Crippen MR) is 99.4 cm³/mol. The first-order chi connectivity index (χ1) is 9.45. The number of alkyl halides is 9. The third kappa shape index (κ3) is 5.39. The van der Waals surface area contributed by atoms with E-state index in [1.165, 1.54) is 26.0 Å². The molecule has 0 atom stereocenters. The summed E-state index contributed by atoms with van der Waals surface area (Å²) in [6.45, 7) is 2.91. The summed E-state index contributed by atoms with van der Waals surface area (Å²) in [5, 5.41) is 10.4. The smallest absolute Gasteiger partial charge is 0.216 e. The average molecular weight is 488 g/mol. The Balaban J connectivity index is 3.96. The second kappa shape index (κ2) is 6.83. The van der Waals surface area contributed by atoms with Crippen LogP contribution in [-0.4, -0.2) is 5.11 Å². The number of rotatable bonds is 1. The second-order valence-corrected chi connectivity index (χ2v) is 11.8. The minimum atomic E-state index is -1.94. The van der Waals surface area contributed by atoms with Crippen molar-refractivity contribution in [3.8, 4) is 0 Å². The van der Waals surface area contributed by atoms with E-state index in [2.05, 4.69) is 0 Å². The Morgan fingerprint density at radius 3 is 1.18 bits per heavy atom. The molecule has 0 aliphatic rings. The predicted octanol–water partition coefficient (Wildman–Crippen LogP) is 7.39. The molecule has 0 saturated carbocycles.